The number of nitrogens with zero attached hydrogens (tertiary/aromatic N) is 2. The highest BCUT2D eigenvalue weighted by Crippen LogP contribution is 2.27. The summed E-state index contributed by atoms with van der Waals surface area (Å²) in [6.45, 7) is 2.95. The molecule has 1 heterocycles. The molecule has 2 aromatic rings. The first-order valence-electron chi connectivity index (χ1n) is 6.64. The van der Waals surface area contributed by atoms with E-state index in [9.17, 15) is 0 Å². The average Bonchev–Trinajstić information content (AvgIpc) is 3.17. The lowest BCUT2D eigenvalue weighted by molar-refractivity contribution is 0.241. The van der Waals surface area contributed by atoms with Gasteiger partial charge in [-0.25, -0.2) is 0 Å². The second kappa shape index (κ2) is 5.93. The highest BCUT2D eigenvalue weighted by Gasteiger charge is 2.20. The van der Waals surface area contributed by atoms with E-state index in [-0.39, 0.29) is 6.61 Å². The van der Waals surface area contributed by atoms with Crippen LogP contribution in [0.1, 0.15) is 30.1 Å². The number of aromatic nitrogens is 2. The smallest absolute Gasteiger partial charge is 0.264 e. The van der Waals surface area contributed by atoms with E-state index in [1.54, 1.807) is 6.92 Å². The molecule has 0 radical (unpaired) electrons. The van der Waals surface area contributed by atoms with Gasteiger partial charge in [-0.15, -0.1) is 0 Å². The number of hydrogen-bond donors (Lipinski definition) is 1. The minimum Gasteiger partial charge on any atom is -0.483 e. The van der Waals surface area contributed by atoms with Crippen LogP contribution in [0.3, 0.4) is 0 Å². The molecule has 0 bridgehead atoms. The lowest BCUT2D eigenvalue weighted by Gasteiger charge is -2.08. The first-order valence-corrected chi connectivity index (χ1v) is 7.44. The number of aryl methyl sites for hydroxylation is 1. The fourth-order valence-electron chi connectivity index (χ4n) is 1.86. The molecule has 1 saturated carbocycles. The van der Waals surface area contributed by atoms with Gasteiger partial charge in [0.25, 0.3) is 5.89 Å². The molecule has 1 N–H and O–H groups in total. The predicted molar refractivity (Wildman–Crippen MR) is 77.4 cm³/mol. The molecular formula is C14H16BrN3O2. The Bertz CT molecular complexity index is 596. The van der Waals surface area contributed by atoms with Crippen molar-refractivity contribution in [2.75, 3.05) is 0 Å². The number of hydrogen-bond acceptors (Lipinski definition) is 5. The molecule has 0 amide bonds. The Kier molecular flexibility index (Phi) is 4.03. The van der Waals surface area contributed by atoms with Crippen LogP contribution in [0.25, 0.3) is 0 Å². The fourth-order valence-corrected chi connectivity index (χ4v) is 2.40. The minimum atomic E-state index is 0.277. The molecule has 0 saturated heterocycles. The normalized spacial score (nSPS) is 14.5. The summed E-state index contributed by atoms with van der Waals surface area (Å²) in [7, 11) is 0. The van der Waals surface area contributed by atoms with Gasteiger partial charge in [0.1, 0.15) is 5.75 Å². The second-order valence-electron chi connectivity index (χ2n) is 4.94. The third kappa shape index (κ3) is 3.58. The minimum absolute atomic E-state index is 0.277. The number of rotatable bonds is 6. The quantitative estimate of drug-likeness (QED) is 0.877. The van der Waals surface area contributed by atoms with Crippen molar-refractivity contribution in [3.05, 3.63) is 40.0 Å². The van der Waals surface area contributed by atoms with Gasteiger partial charge in [-0.3, -0.25) is 0 Å². The lowest BCUT2D eigenvalue weighted by atomic mass is 10.2. The van der Waals surface area contributed by atoms with Crippen LogP contribution in [0.4, 0.5) is 0 Å². The summed E-state index contributed by atoms with van der Waals surface area (Å²) in [4.78, 5) is 4.10. The zero-order valence-electron chi connectivity index (χ0n) is 11.2. The van der Waals surface area contributed by atoms with Crippen LogP contribution in [-0.4, -0.2) is 16.2 Å². The van der Waals surface area contributed by atoms with Crippen LogP contribution in [-0.2, 0) is 13.2 Å². The highest BCUT2D eigenvalue weighted by atomic mass is 79.9. The Morgan fingerprint density at radius 1 is 1.45 bits per heavy atom. The number of benzene rings is 1. The van der Waals surface area contributed by atoms with Crippen LogP contribution in [0.2, 0.25) is 0 Å². The van der Waals surface area contributed by atoms with Gasteiger partial charge in [-0.05, 0) is 53.4 Å². The number of ether oxygens (including phenoxy) is 1. The molecule has 3 rings (SSSR count). The molecule has 1 aliphatic rings. The van der Waals surface area contributed by atoms with Crippen LogP contribution in [0, 0.1) is 6.92 Å². The van der Waals surface area contributed by atoms with Crippen molar-refractivity contribution in [1.82, 2.24) is 15.5 Å². The number of nitrogens with one attached hydrogen (secondary N) is 1. The predicted octanol–water partition coefficient (Wildman–Crippen LogP) is 2.97. The van der Waals surface area contributed by atoms with Crippen molar-refractivity contribution in [1.29, 1.82) is 0 Å². The van der Waals surface area contributed by atoms with Crippen LogP contribution in [0.15, 0.2) is 27.2 Å². The highest BCUT2D eigenvalue weighted by molar-refractivity contribution is 9.10. The largest absolute Gasteiger partial charge is 0.483 e. The standard InChI is InChI=1S/C14H16BrN3O2/c1-9-17-14(20-18-9)8-19-13-5-2-10(6-12(13)15)7-16-11-3-4-11/h2,5-6,11,16H,3-4,7-8H2,1H3. The van der Waals surface area contributed by atoms with Crippen LogP contribution >= 0.6 is 15.9 Å². The van der Waals surface area contributed by atoms with Crippen molar-refractivity contribution in [3.8, 4) is 5.75 Å². The van der Waals surface area contributed by atoms with Gasteiger partial charge in [0, 0.05) is 12.6 Å². The molecule has 1 aliphatic carbocycles. The van der Waals surface area contributed by atoms with Crippen LogP contribution in [0.5, 0.6) is 5.75 Å². The maximum absolute atomic E-state index is 5.67. The monoisotopic (exact) mass is 337 g/mol. The van der Waals surface area contributed by atoms with E-state index >= 15 is 0 Å². The van der Waals surface area contributed by atoms with E-state index in [4.69, 9.17) is 9.26 Å². The molecule has 5 nitrogen and oxygen atoms in total. The van der Waals surface area contributed by atoms with E-state index < -0.39 is 0 Å². The molecule has 0 atom stereocenters. The second-order valence-corrected chi connectivity index (χ2v) is 5.80. The van der Waals surface area contributed by atoms with Crippen molar-refractivity contribution in [2.24, 2.45) is 0 Å². The Morgan fingerprint density at radius 3 is 2.95 bits per heavy atom. The molecule has 6 heteroatoms. The third-order valence-electron chi connectivity index (χ3n) is 3.09. The number of halogens is 1. The molecule has 0 spiro atoms. The Balaban J connectivity index is 1.58. The van der Waals surface area contributed by atoms with E-state index in [1.165, 1.54) is 18.4 Å². The Labute approximate surface area is 125 Å². The molecule has 106 valence electrons. The summed E-state index contributed by atoms with van der Waals surface area (Å²) in [5.41, 5.74) is 1.24. The summed E-state index contributed by atoms with van der Waals surface area (Å²) < 4.78 is 11.6. The van der Waals surface area contributed by atoms with Crippen molar-refractivity contribution in [2.45, 2.75) is 39.0 Å². The lowest BCUT2D eigenvalue weighted by Crippen LogP contribution is -2.15. The summed E-state index contributed by atoms with van der Waals surface area (Å²) in [5, 5.41) is 7.21. The van der Waals surface area contributed by atoms with Gasteiger partial charge in [0.05, 0.1) is 4.47 Å². The topological polar surface area (TPSA) is 60.2 Å². The molecule has 0 aliphatic heterocycles. The van der Waals surface area contributed by atoms with E-state index in [0.29, 0.717) is 17.8 Å². The summed E-state index contributed by atoms with van der Waals surface area (Å²) in [6.07, 6.45) is 2.60. The molecule has 1 aromatic heterocycles. The van der Waals surface area contributed by atoms with Gasteiger partial charge in [0.15, 0.2) is 12.4 Å². The van der Waals surface area contributed by atoms with Gasteiger partial charge in [-0.2, -0.15) is 4.98 Å². The van der Waals surface area contributed by atoms with E-state index in [0.717, 1.165) is 16.8 Å². The fraction of sp³-hybridized carbons (Fsp3) is 0.429. The van der Waals surface area contributed by atoms with Gasteiger partial charge in [0.2, 0.25) is 0 Å². The summed E-state index contributed by atoms with van der Waals surface area (Å²) in [6, 6.07) is 6.81. The molecular weight excluding hydrogens is 322 g/mol. The average molecular weight is 338 g/mol. The Hall–Kier alpha value is -1.40. The van der Waals surface area contributed by atoms with Crippen molar-refractivity contribution in [3.63, 3.8) is 0 Å². The molecule has 20 heavy (non-hydrogen) atoms. The first-order chi connectivity index (χ1) is 9.70. The van der Waals surface area contributed by atoms with Crippen molar-refractivity contribution >= 4 is 15.9 Å². The SMILES string of the molecule is Cc1noc(COc2ccc(CNC3CC3)cc2Br)n1. The molecule has 1 aromatic carbocycles. The zero-order chi connectivity index (χ0) is 13.9. The maximum Gasteiger partial charge on any atom is 0.264 e. The zero-order valence-corrected chi connectivity index (χ0v) is 12.8. The Morgan fingerprint density at radius 2 is 2.30 bits per heavy atom. The molecule has 1 fully saturated rings. The van der Waals surface area contributed by atoms with Crippen molar-refractivity contribution < 1.29 is 9.26 Å². The van der Waals surface area contributed by atoms with E-state index in [2.05, 4.69) is 43.5 Å². The first kappa shape index (κ1) is 13.6. The van der Waals surface area contributed by atoms with Crippen LogP contribution < -0.4 is 10.1 Å². The summed E-state index contributed by atoms with van der Waals surface area (Å²) in [5.74, 6) is 1.87. The maximum atomic E-state index is 5.67. The third-order valence-corrected chi connectivity index (χ3v) is 3.71. The van der Waals surface area contributed by atoms with Gasteiger partial charge in [-0.1, -0.05) is 11.2 Å². The van der Waals surface area contributed by atoms with Gasteiger partial charge >= 0.3 is 0 Å². The summed E-state index contributed by atoms with van der Waals surface area (Å²) >= 11 is 3.53. The van der Waals surface area contributed by atoms with E-state index in [1.807, 2.05) is 6.07 Å². The van der Waals surface area contributed by atoms with Gasteiger partial charge < -0.3 is 14.6 Å². The molecule has 0 unspecified atom stereocenters.